The van der Waals surface area contributed by atoms with E-state index in [1.54, 1.807) is 18.2 Å². The van der Waals surface area contributed by atoms with Crippen molar-refractivity contribution in [3.05, 3.63) is 34.3 Å². The molecule has 0 spiro atoms. The minimum atomic E-state index is -2.37. The van der Waals surface area contributed by atoms with Crippen molar-refractivity contribution in [3.8, 4) is 0 Å². The van der Waals surface area contributed by atoms with Gasteiger partial charge in [-0.05, 0) is 30.2 Å². The molecule has 0 fully saturated rings. The number of alkyl halides is 2. The summed E-state index contributed by atoms with van der Waals surface area (Å²) >= 11 is 5.74. The summed E-state index contributed by atoms with van der Waals surface area (Å²) in [5, 5.41) is 0.593. The van der Waals surface area contributed by atoms with Crippen molar-refractivity contribution in [1.29, 1.82) is 0 Å². The van der Waals surface area contributed by atoms with Gasteiger partial charge in [0.1, 0.15) is 0 Å². The first-order valence-corrected chi connectivity index (χ1v) is 4.68. The van der Waals surface area contributed by atoms with E-state index in [0.29, 0.717) is 5.02 Å². The predicted molar refractivity (Wildman–Crippen MR) is 53.7 cm³/mol. The molecular formula is C10H12ClF2N. The summed E-state index contributed by atoms with van der Waals surface area (Å²) in [6.45, 7) is 1.81. The molecule has 1 atom stereocenters. The summed E-state index contributed by atoms with van der Waals surface area (Å²) < 4.78 is 24.2. The van der Waals surface area contributed by atoms with E-state index in [1.807, 2.05) is 6.92 Å². The van der Waals surface area contributed by atoms with E-state index in [2.05, 4.69) is 0 Å². The Hall–Kier alpha value is -0.670. The van der Waals surface area contributed by atoms with Crippen molar-refractivity contribution in [3.63, 3.8) is 0 Å². The van der Waals surface area contributed by atoms with Crippen LogP contribution >= 0.6 is 11.6 Å². The first-order chi connectivity index (χ1) is 6.50. The number of benzene rings is 1. The molecule has 0 aromatic heterocycles. The van der Waals surface area contributed by atoms with Gasteiger partial charge in [0.2, 0.25) is 6.43 Å². The Morgan fingerprint density at radius 1 is 1.43 bits per heavy atom. The number of hydrogen-bond acceptors (Lipinski definition) is 1. The third kappa shape index (κ3) is 2.93. The summed E-state index contributed by atoms with van der Waals surface area (Å²) in [4.78, 5) is 0. The molecule has 1 nitrogen and oxygen atoms in total. The molecular weight excluding hydrogens is 208 g/mol. The number of rotatable bonds is 3. The van der Waals surface area contributed by atoms with Gasteiger partial charge in [-0.2, -0.15) is 0 Å². The highest BCUT2D eigenvalue weighted by molar-refractivity contribution is 6.30. The Bertz CT molecular complexity index is 315. The standard InChI is InChI=1S/C10H12ClF2N/c1-6-4-7(11)2-3-8(6)9(14)5-10(12)13/h2-4,9-10H,5,14H2,1H3/t9-/m0/s1. The smallest absolute Gasteiger partial charge is 0.240 e. The molecule has 1 aromatic rings. The summed E-state index contributed by atoms with van der Waals surface area (Å²) in [7, 11) is 0. The first kappa shape index (κ1) is 11.4. The zero-order chi connectivity index (χ0) is 10.7. The Labute approximate surface area is 86.9 Å². The van der Waals surface area contributed by atoms with Gasteiger partial charge in [0.15, 0.2) is 0 Å². The molecule has 0 radical (unpaired) electrons. The lowest BCUT2D eigenvalue weighted by Crippen LogP contribution is -2.15. The maximum absolute atomic E-state index is 12.1. The minimum Gasteiger partial charge on any atom is -0.324 e. The molecule has 2 N–H and O–H groups in total. The molecule has 0 heterocycles. The van der Waals surface area contributed by atoms with Gasteiger partial charge in [-0.25, -0.2) is 8.78 Å². The summed E-state index contributed by atoms with van der Waals surface area (Å²) in [6, 6.07) is 4.47. The average Bonchev–Trinajstić information content (AvgIpc) is 2.01. The maximum Gasteiger partial charge on any atom is 0.240 e. The number of halogens is 3. The fourth-order valence-corrected chi connectivity index (χ4v) is 1.60. The highest BCUT2D eigenvalue weighted by Gasteiger charge is 2.14. The van der Waals surface area contributed by atoms with Crippen LogP contribution < -0.4 is 5.73 Å². The van der Waals surface area contributed by atoms with E-state index in [0.717, 1.165) is 11.1 Å². The Morgan fingerprint density at radius 3 is 2.57 bits per heavy atom. The monoisotopic (exact) mass is 219 g/mol. The van der Waals surface area contributed by atoms with Crippen LogP contribution in [-0.4, -0.2) is 6.43 Å². The molecule has 0 saturated carbocycles. The van der Waals surface area contributed by atoms with Crippen LogP contribution in [0.4, 0.5) is 8.78 Å². The second kappa shape index (κ2) is 4.71. The normalized spacial score (nSPS) is 13.3. The van der Waals surface area contributed by atoms with Crippen molar-refractivity contribution in [2.75, 3.05) is 0 Å². The third-order valence-corrected chi connectivity index (χ3v) is 2.30. The van der Waals surface area contributed by atoms with E-state index < -0.39 is 12.5 Å². The van der Waals surface area contributed by atoms with Gasteiger partial charge in [0.05, 0.1) is 0 Å². The molecule has 0 bridgehead atoms. The van der Waals surface area contributed by atoms with Gasteiger partial charge in [0, 0.05) is 17.5 Å². The lowest BCUT2D eigenvalue weighted by molar-refractivity contribution is 0.128. The highest BCUT2D eigenvalue weighted by atomic mass is 35.5. The number of nitrogens with two attached hydrogens (primary N) is 1. The fourth-order valence-electron chi connectivity index (χ4n) is 1.37. The van der Waals surface area contributed by atoms with Crippen LogP contribution in [0.25, 0.3) is 0 Å². The van der Waals surface area contributed by atoms with Crippen LogP contribution in [0.1, 0.15) is 23.6 Å². The number of aryl methyl sites for hydroxylation is 1. The van der Waals surface area contributed by atoms with Crippen LogP contribution in [0.2, 0.25) is 5.02 Å². The van der Waals surface area contributed by atoms with E-state index >= 15 is 0 Å². The van der Waals surface area contributed by atoms with Crippen LogP contribution in [0.5, 0.6) is 0 Å². The summed E-state index contributed by atoms with van der Waals surface area (Å²) in [5.74, 6) is 0. The summed E-state index contributed by atoms with van der Waals surface area (Å²) in [5.41, 5.74) is 7.21. The van der Waals surface area contributed by atoms with E-state index in [9.17, 15) is 8.78 Å². The zero-order valence-electron chi connectivity index (χ0n) is 7.81. The summed E-state index contributed by atoms with van der Waals surface area (Å²) in [6.07, 6.45) is -2.69. The second-order valence-electron chi connectivity index (χ2n) is 3.23. The molecule has 0 aliphatic heterocycles. The van der Waals surface area contributed by atoms with E-state index in [4.69, 9.17) is 17.3 Å². The van der Waals surface area contributed by atoms with Crippen LogP contribution in [0.15, 0.2) is 18.2 Å². The van der Waals surface area contributed by atoms with Gasteiger partial charge >= 0.3 is 0 Å². The quantitative estimate of drug-likeness (QED) is 0.830. The Kier molecular flexibility index (Phi) is 3.84. The second-order valence-corrected chi connectivity index (χ2v) is 3.67. The first-order valence-electron chi connectivity index (χ1n) is 4.30. The van der Waals surface area contributed by atoms with Crippen molar-refractivity contribution >= 4 is 11.6 Å². The molecule has 78 valence electrons. The molecule has 0 aliphatic rings. The molecule has 0 unspecified atom stereocenters. The maximum atomic E-state index is 12.1. The van der Waals surface area contributed by atoms with Crippen molar-refractivity contribution < 1.29 is 8.78 Å². The van der Waals surface area contributed by atoms with Crippen molar-refractivity contribution in [2.24, 2.45) is 5.73 Å². The van der Waals surface area contributed by atoms with Gasteiger partial charge in [0.25, 0.3) is 0 Å². The molecule has 0 aliphatic carbocycles. The molecule has 14 heavy (non-hydrogen) atoms. The predicted octanol–water partition coefficient (Wildman–Crippen LogP) is 3.30. The number of hydrogen-bond donors (Lipinski definition) is 1. The fraction of sp³-hybridized carbons (Fsp3) is 0.400. The van der Waals surface area contributed by atoms with Crippen LogP contribution in [0, 0.1) is 6.92 Å². The highest BCUT2D eigenvalue weighted by Crippen LogP contribution is 2.23. The lowest BCUT2D eigenvalue weighted by Gasteiger charge is -2.14. The Balaban J connectivity index is 2.84. The SMILES string of the molecule is Cc1cc(Cl)ccc1[C@@H](N)CC(F)F. The molecule has 0 amide bonds. The van der Waals surface area contributed by atoms with Crippen molar-refractivity contribution in [2.45, 2.75) is 25.8 Å². The zero-order valence-corrected chi connectivity index (χ0v) is 8.56. The van der Waals surface area contributed by atoms with Gasteiger partial charge in [-0.15, -0.1) is 0 Å². The average molecular weight is 220 g/mol. The minimum absolute atomic E-state index is 0.317. The molecule has 4 heteroatoms. The Morgan fingerprint density at radius 2 is 2.07 bits per heavy atom. The van der Waals surface area contributed by atoms with Gasteiger partial charge in [-0.1, -0.05) is 17.7 Å². The third-order valence-electron chi connectivity index (χ3n) is 2.06. The largest absolute Gasteiger partial charge is 0.324 e. The van der Waals surface area contributed by atoms with E-state index in [-0.39, 0.29) is 6.42 Å². The molecule has 0 saturated heterocycles. The van der Waals surface area contributed by atoms with Crippen LogP contribution in [0.3, 0.4) is 0 Å². The lowest BCUT2D eigenvalue weighted by atomic mass is 10.00. The molecule has 1 rings (SSSR count). The molecule has 1 aromatic carbocycles. The topological polar surface area (TPSA) is 26.0 Å². The van der Waals surface area contributed by atoms with Crippen LogP contribution in [-0.2, 0) is 0 Å². The van der Waals surface area contributed by atoms with Gasteiger partial charge in [-0.3, -0.25) is 0 Å². The van der Waals surface area contributed by atoms with E-state index in [1.165, 1.54) is 0 Å². The van der Waals surface area contributed by atoms with Crippen molar-refractivity contribution in [1.82, 2.24) is 0 Å². The van der Waals surface area contributed by atoms with Gasteiger partial charge < -0.3 is 5.73 Å².